The number of hydrogen-bond donors (Lipinski definition) is 0. The second-order valence-electron chi connectivity index (χ2n) is 8.00. The predicted molar refractivity (Wildman–Crippen MR) is 121 cm³/mol. The van der Waals surface area contributed by atoms with Crippen molar-refractivity contribution in [1.82, 2.24) is 4.98 Å². The van der Waals surface area contributed by atoms with Gasteiger partial charge in [-0.3, -0.25) is 4.79 Å². The average Bonchev–Trinajstić information content (AvgIpc) is 2.79. The van der Waals surface area contributed by atoms with Gasteiger partial charge in [-0.05, 0) is 55.9 Å². The number of aromatic nitrogens is 1. The van der Waals surface area contributed by atoms with Crippen molar-refractivity contribution < 1.29 is 27.5 Å². The van der Waals surface area contributed by atoms with Crippen LogP contribution >= 0.6 is 11.6 Å². The van der Waals surface area contributed by atoms with Gasteiger partial charge in [-0.15, -0.1) is 0 Å². The number of ether oxygens (including phenoxy) is 1. The molecule has 33 heavy (non-hydrogen) atoms. The summed E-state index contributed by atoms with van der Waals surface area (Å²) in [5.74, 6) is 0.0877. The summed E-state index contributed by atoms with van der Waals surface area (Å²) in [7, 11) is 1.54. The van der Waals surface area contributed by atoms with Gasteiger partial charge in [0, 0.05) is 22.9 Å². The first-order valence-electron chi connectivity index (χ1n) is 10.9. The van der Waals surface area contributed by atoms with Gasteiger partial charge in [0.1, 0.15) is 18.6 Å². The van der Waals surface area contributed by atoms with Crippen LogP contribution in [0.3, 0.4) is 0 Å². The first-order chi connectivity index (χ1) is 15.8. The van der Waals surface area contributed by atoms with E-state index in [0.717, 1.165) is 37.8 Å². The number of carbonyl (C=O) groups is 1. The molecule has 3 rings (SSSR count). The molecule has 1 heterocycles. The summed E-state index contributed by atoms with van der Waals surface area (Å²) in [6, 6.07) is 8.04. The van der Waals surface area contributed by atoms with Crippen LogP contribution < -0.4 is 4.74 Å². The summed E-state index contributed by atoms with van der Waals surface area (Å²) < 4.78 is 43.0. The first kappa shape index (κ1) is 25.0. The molecule has 1 aromatic heterocycles. The largest absolute Gasteiger partial charge is 0.482 e. The second kappa shape index (κ2) is 11.5. The Morgan fingerprint density at radius 1 is 1.24 bits per heavy atom. The Hall–Kier alpha value is -2.61. The molecule has 1 aromatic carbocycles. The third kappa shape index (κ3) is 7.45. The van der Waals surface area contributed by atoms with Gasteiger partial charge in [0.15, 0.2) is 12.4 Å². The van der Waals surface area contributed by atoms with E-state index < -0.39 is 12.8 Å². The maximum absolute atomic E-state index is 12.8. The zero-order valence-corrected chi connectivity index (χ0v) is 19.1. The number of ketones is 1. The summed E-state index contributed by atoms with van der Waals surface area (Å²) >= 11 is 5.93. The van der Waals surface area contributed by atoms with Crippen LogP contribution in [0.4, 0.5) is 13.2 Å². The molecule has 1 aliphatic carbocycles. The standard InChI is InChI=1S/C24H26ClF3N2O3/c1-32-30-20-7-3-2-5-17(20)6-4-8-22(31)21-13-19(16-9-11-18(25)12-10-16)23(14-29-21)33-15-24(26,27)28/h9-14,17H,2-8,15H2,1H3. The third-order valence-corrected chi connectivity index (χ3v) is 5.82. The molecule has 1 atom stereocenters. The summed E-state index contributed by atoms with van der Waals surface area (Å²) in [5, 5.41) is 4.62. The molecule has 0 spiro atoms. The van der Waals surface area contributed by atoms with Gasteiger partial charge in [-0.2, -0.15) is 13.2 Å². The number of pyridine rings is 1. The Morgan fingerprint density at radius 3 is 2.70 bits per heavy atom. The number of nitrogens with zero attached hydrogens (tertiary/aromatic N) is 2. The molecule has 1 fully saturated rings. The van der Waals surface area contributed by atoms with Crippen LogP contribution in [-0.2, 0) is 4.84 Å². The summed E-state index contributed by atoms with van der Waals surface area (Å²) in [5.41, 5.74) is 2.17. The summed E-state index contributed by atoms with van der Waals surface area (Å²) in [6.07, 6.45) is 2.63. The molecule has 5 nitrogen and oxygen atoms in total. The van der Waals surface area contributed by atoms with E-state index in [2.05, 4.69) is 10.1 Å². The van der Waals surface area contributed by atoms with Crippen molar-refractivity contribution in [2.75, 3.05) is 13.7 Å². The fourth-order valence-corrected chi connectivity index (χ4v) is 4.10. The van der Waals surface area contributed by atoms with Gasteiger partial charge < -0.3 is 9.57 Å². The van der Waals surface area contributed by atoms with Crippen molar-refractivity contribution in [1.29, 1.82) is 0 Å². The Labute approximate surface area is 195 Å². The monoisotopic (exact) mass is 482 g/mol. The molecule has 0 bridgehead atoms. The van der Waals surface area contributed by atoms with Gasteiger partial charge >= 0.3 is 6.18 Å². The smallest absolute Gasteiger partial charge is 0.422 e. The highest BCUT2D eigenvalue weighted by atomic mass is 35.5. The van der Waals surface area contributed by atoms with E-state index in [4.69, 9.17) is 21.2 Å². The lowest BCUT2D eigenvalue weighted by Crippen LogP contribution is -2.20. The van der Waals surface area contributed by atoms with E-state index in [1.54, 1.807) is 24.3 Å². The van der Waals surface area contributed by atoms with Crippen molar-refractivity contribution in [3.8, 4) is 16.9 Å². The van der Waals surface area contributed by atoms with Gasteiger partial charge in [-0.25, -0.2) is 4.98 Å². The molecule has 2 aromatic rings. The maximum atomic E-state index is 12.8. The van der Waals surface area contributed by atoms with Crippen LogP contribution in [0.15, 0.2) is 41.7 Å². The van der Waals surface area contributed by atoms with Gasteiger partial charge in [0.05, 0.1) is 11.9 Å². The minimum absolute atomic E-state index is 0.0474. The molecule has 0 amide bonds. The lowest BCUT2D eigenvalue weighted by Gasteiger charge is -2.23. The molecule has 0 saturated heterocycles. The van der Waals surface area contributed by atoms with Crippen molar-refractivity contribution in [3.05, 3.63) is 47.2 Å². The van der Waals surface area contributed by atoms with Crippen LogP contribution in [0.2, 0.25) is 5.02 Å². The van der Waals surface area contributed by atoms with Crippen molar-refractivity contribution in [2.45, 2.75) is 51.1 Å². The SMILES string of the molecule is CON=C1CCCCC1CCCC(=O)c1cc(-c2ccc(Cl)cc2)c(OCC(F)(F)F)cn1. The van der Waals surface area contributed by atoms with E-state index in [-0.39, 0.29) is 23.6 Å². The van der Waals surface area contributed by atoms with Crippen LogP contribution in [0.5, 0.6) is 5.75 Å². The lowest BCUT2D eigenvalue weighted by atomic mass is 9.83. The van der Waals surface area contributed by atoms with E-state index >= 15 is 0 Å². The number of rotatable bonds is 9. The Kier molecular flexibility index (Phi) is 8.72. The van der Waals surface area contributed by atoms with Gasteiger partial charge in [0.2, 0.25) is 0 Å². The number of halogens is 4. The summed E-state index contributed by atoms with van der Waals surface area (Å²) in [6.45, 7) is -1.45. The molecular weight excluding hydrogens is 457 g/mol. The maximum Gasteiger partial charge on any atom is 0.422 e. The van der Waals surface area contributed by atoms with E-state index in [1.807, 2.05) is 0 Å². The normalized spacial score (nSPS) is 17.7. The Balaban J connectivity index is 1.72. The highest BCUT2D eigenvalue weighted by Crippen LogP contribution is 2.33. The van der Waals surface area contributed by atoms with Crippen molar-refractivity contribution >= 4 is 23.1 Å². The molecule has 1 saturated carbocycles. The molecule has 178 valence electrons. The number of Topliss-reactive ketones (excluding diaryl/α,β-unsaturated/α-hetero) is 1. The fourth-order valence-electron chi connectivity index (χ4n) is 3.98. The van der Waals surface area contributed by atoms with Crippen LogP contribution in [0, 0.1) is 5.92 Å². The number of benzene rings is 1. The molecule has 0 aliphatic heterocycles. The van der Waals surface area contributed by atoms with Crippen molar-refractivity contribution in [3.63, 3.8) is 0 Å². The van der Waals surface area contributed by atoms with Crippen LogP contribution in [-0.4, -0.2) is 36.4 Å². The molecule has 0 N–H and O–H groups in total. The fraction of sp³-hybridized carbons (Fsp3) is 0.458. The molecule has 0 radical (unpaired) electrons. The van der Waals surface area contributed by atoms with Crippen LogP contribution in [0.25, 0.3) is 11.1 Å². The highest BCUT2D eigenvalue weighted by Gasteiger charge is 2.29. The Bertz CT molecular complexity index is 978. The Morgan fingerprint density at radius 2 is 2.00 bits per heavy atom. The quantitative estimate of drug-likeness (QED) is 0.288. The van der Waals surface area contributed by atoms with E-state index in [0.29, 0.717) is 28.5 Å². The third-order valence-electron chi connectivity index (χ3n) is 5.57. The predicted octanol–water partition coefficient (Wildman–Crippen LogP) is 6.89. The molecule has 9 heteroatoms. The number of oxime groups is 1. The second-order valence-corrected chi connectivity index (χ2v) is 8.44. The van der Waals surface area contributed by atoms with Crippen LogP contribution in [0.1, 0.15) is 55.4 Å². The lowest BCUT2D eigenvalue weighted by molar-refractivity contribution is -0.153. The minimum atomic E-state index is -4.49. The highest BCUT2D eigenvalue weighted by molar-refractivity contribution is 6.30. The zero-order chi connectivity index (χ0) is 23.8. The number of carbonyl (C=O) groups excluding carboxylic acids is 1. The van der Waals surface area contributed by atoms with Crippen molar-refractivity contribution in [2.24, 2.45) is 11.1 Å². The first-order valence-corrected chi connectivity index (χ1v) is 11.2. The van der Waals surface area contributed by atoms with Gasteiger partial charge in [-0.1, -0.05) is 35.3 Å². The topological polar surface area (TPSA) is 60.8 Å². The minimum Gasteiger partial charge on any atom is -0.482 e. The van der Waals surface area contributed by atoms with Gasteiger partial charge in [0.25, 0.3) is 0 Å². The average molecular weight is 483 g/mol. The molecule has 1 unspecified atom stereocenters. The number of alkyl halides is 3. The van der Waals surface area contributed by atoms with E-state index in [1.165, 1.54) is 19.4 Å². The van der Waals surface area contributed by atoms with E-state index in [9.17, 15) is 18.0 Å². The number of hydrogen-bond acceptors (Lipinski definition) is 5. The zero-order valence-electron chi connectivity index (χ0n) is 18.3. The summed E-state index contributed by atoms with van der Waals surface area (Å²) in [4.78, 5) is 21.8. The molecular formula is C24H26ClF3N2O3. The molecule has 1 aliphatic rings.